The van der Waals surface area contributed by atoms with Crippen LogP contribution in [0.2, 0.25) is 0 Å². The third-order valence-electron chi connectivity index (χ3n) is 12.1. The lowest BCUT2D eigenvalue weighted by Crippen LogP contribution is -2.30. The summed E-state index contributed by atoms with van der Waals surface area (Å²) >= 11 is 6.49. The summed E-state index contributed by atoms with van der Waals surface area (Å²) < 4.78 is 1.28. The van der Waals surface area contributed by atoms with Crippen LogP contribution in [0.15, 0.2) is 53.9 Å². The van der Waals surface area contributed by atoms with Crippen molar-refractivity contribution in [2.24, 2.45) is 0 Å². The Bertz CT molecular complexity index is 2300. The minimum Gasteiger partial charge on any atom is -0.144 e. The Morgan fingerprint density at radius 2 is 0.852 bits per heavy atom. The number of unbranched alkanes of at least 4 members (excludes halogenated alkanes) is 5. The lowest BCUT2D eigenvalue weighted by atomic mass is 9.75. The van der Waals surface area contributed by atoms with E-state index in [1.165, 1.54) is 145 Å². The van der Waals surface area contributed by atoms with Gasteiger partial charge in [-0.15, -0.1) is 22.7 Å². The van der Waals surface area contributed by atoms with Crippen LogP contribution in [-0.4, -0.2) is 4.43 Å². The van der Waals surface area contributed by atoms with Crippen LogP contribution in [0.1, 0.15) is 201 Å². The summed E-state index contributed by atoms with van der Waals surface area (Å²) in [5.74, 6) is 0. The third kappa shape index (κ3) is 12.3. The van der Waals surface area contributed by atoms with Crippen molar-refractivity contribution >= 4 is 72.3 Å². The summed E-state index contributed by atoms with van der Waals surface area (Å²) in [5, 5.41) is 5.29. The third-order valence-corrected chi connectivity index (χ3v) is 17.8. The Kier molecular flexibility index (Phi) is 16.0. The number of thiophene rings is 2. The number of hydrogen-bond donors (Lipinski definition) is 0. The summed E-state index contributed by atoms with van der Waals surface area (Å²) in [5.41, 5.74) is 11.9. The Morgan fingerprint density at radius 3 is 1.21 bits per heavy atom. The van der Waals surface area contributed by atoms with Crippen LogP contribution < -0.4 is 10.6 Å². The van der Waals surface area contributed by atoms with Crippen LogP contribution in [0.5, 0.6) is 0 Å². The van der Waals surface area contributed by atoms with Crippen LogP contribution in [0.3, 0.4) is 0 Å². The van der Waals surface area contributed by atoms with Gasteiger partial charge < -0.3 is 0 Å². The summed E-state index contributed by atoms with van der Waals surface area (Å²) in [4.78, 5) is 7.41. The summed E-state index contributed by atoms with van der Waals surface area (Å²) in [6, 6.07) is 19.9. The highest BCUT2D eigenvalue weighted by molar-refractivity contribution is 14.1. The van der Waals surface area contributed by atoms with Crippen LogP contribution in [0, 0.1) is 9.88 Å². The molecule has 0 atom stereocenters. The van der Waals surface area contributed by atoms with E-state index >= 15 is 0 Å². The Labute approximate surface area is 398 Å². The maximum absolute atomic E-state index is 2.57. The van der Waals surface area contributed by atoms with Crippen molar-refractivity contribution in [2.75, 3.05) is 4.43 Å². The lowest BCUT2D eigenvalue weighted by Gasteiger charge is -2.33. The molecule has 0 amide bonds. The predicted molar refractivity (Wildman–Crippen MR) is 290 cm³/mol. The molecule has 0 nitrogen and oxygen atoms in total. The molecule has 5 aromatic rings. The van der Waals surface area contributed by atoms with E-state index in [1.54, 1.807) is 0 Å². The first-order valence-corrected chi connectivity index (χ1v) is 28.0. The van der Waals surface area contributed by atoms with Crippen molar-refractivity contribution in [3.05, 3.63) is 102 Å². The van der Waals surface area contributed by atoms with Gasteiger partial charge in [-0.3, -0.25) is 0 Å². The zero-order valence-electron chi connectivity index (χ0n) is 41.4. The first-order chi connectivity index (χ1) is 28.0. The normalized spacial score (nSPS) is 14.2. The van der Waals surface area contributed by atoms with Gasteiger partial charge in [0.2, 0.25) is 0 Å². The molecule has 332 valence electrons. The monoisotopic (exact) mass is 1000 g/mol. The van der Waals surface area contributed by atoms with Gasteiger partial charge in [-0.1, -0.05) is 220 Å². The zero-order valence-corrected chi connectivity index (χ0v) is 47.0. The number of hydrogen-bond acceptors (Lipinski definition) is 2. The van der Waals surface area contributed by atoms with Crippen molar-refractivity contribution in [3.63, 3.8) is 0 Å². The first-order valence-electron chi connectivity index (χ1n) is 23.0. The topological polar surface area (TPSA) is 0 Å². The second kappa shape index (κ2) is 19.2. The van der Waals surface area contributed by atoms with Gasteiger partial charge in [0.05, 0.1) is 0 Å². The molecule has 61 heavy (non-hydrogen) atoms. The van der Waals surface area contributed by atoms with E-state index in [4.69, 9.17) is 0 Å². The highest BCUT2D eigenvalue weighted by atomic mass is 127. The average molecular weight is 1010 g/mol. The average Bonchev–Trinajstić information content (AvgIpc) is 3.81. The Morgan fingerprint density at radius 1 is 0.459 bits per heavy atom. The van der Waals surface area contributed by atoms with Crippen molar-refractivity contribution in [1.29, 1.82) is 0 Å². The second-order valence-electron chi connectivity index (χ2n) is 23.8. The Hall–Kier alpha value is -1.35. The summed E-state index contributed by atoms with van der Waals surface area (Å²) in [6.45, 7) is 43.4. The lowest BCUT2D eigenvalue weighted by molar-refractivity contribution is 0.553. The number of halogens is 1. The minimum absolute atomic E-state index is 0.0126. The van der Waals surface area contributed by atoms with Gasteiger partial charge in [-0.2, -0.15) is 0 Å². The SMILES string of the molecule is CC(C)(C)c1cc(C(C)(C)C)c(P=c2c(-c3cccs3)c(-c3ccc(CCCCCCCCI)s3)c2=Pc2c(C(C)(C)C)cc(C(C)(C)C)cc2C(C)(C)C)c(C(C)(C)C)c1. The molecule has 0 aliphatic carbocycles. The predicted octanol–water partition coefficient (Wildman–Crippen LogP) is 18.7. The molecule has 2 heterocycles. The molecule has 5 rings (SSSR count). The van der Waals surface area contributed by atoms with Crippen molar-refractivity contribution in [1.82, 2.24) is 0 Å². The van der Waals surface area contributed by atoms with E-state index in [1.807, 2.05) is 11.3 Å². The molecule has 0 fully saturated rings. The maximum atomic E-state index is 2.57. The molecule has 0 aliphatic heterocycles. The molecule has 0 N–H and O–H groups in total. The van der Waals surface area contributed by atoms with E-state index in [2.05, 4.69) is 212 Å². The van der Waals surface area contributed by atoms with E-state index in [0.717, 1.165) is 0 Å². The number of alkyl halides is 1. The molecule has 0 unspecified atom stereocenters. The minimum atomic E-state index is -0.0138. The smallest absolute Gasteiger partial charge is 0.0362 e. The van der Waals surface area contributed by atoms with Gasteiger partial charge in [0.15, 0.2) is 0 Å². The van der Waals surface area contributed by atoms with E-state index < -0.39 is 0 Å². The molecule has 0 saturated carbocycles. The van der Waals surface area contributed by atoms with Gasteiger partial charge in [-0.05, 0) is 113 Å². The van der Waals surface area contributed by atoms with Crippen LogP contribution >= 0.6 is 61.7 Å². The van der Waals surface area contributed by atoms with Crippen molar-refractivity contribution < 1.29 is 0 Å². The molecular weight excluding hydrogens is 926 g/mol. The molecule has 3 aromatic carbocycles. The molecule has 0 aliphatic rings. The molecule has 5 heteroatoms. The fraction of sp³-hybridized carbons (Fsp3) is 0.571. The van der Waals surface area contributed by atoms with E-state index in [9.17, 15) is 0 Å². The maximum Gasteiger partial charge on any atom is 0.0362 e. The van der Waals surface area contributed by atoms with Crippen molar-refractivity contribution in [3.8, 4) is 20.9 Å². The van der Waals surface area contributed by atoms with E-state index in [-0.39, 0.29) is 32.5 Å². The number of benzene rings is 2. The van der Waals surface area contributed by atoms with Crippen LogP contribution in [0.4, 0.5) is 0 Å². The Balaban J connectivity index is 1.95. The standard InChI is InChI=1S/C56H79IP2S2/c1-51(2,3)36-32-39(53(7,8)9)47(40(33-36)54(10,11)12)58-49-45(43-27-25-31-60-43)46(44-29-28-38(61-44)26-23-21-19-20-22-24-30-57)50(49)59-48-41(55(13,14)15)34-37(52(4,5)6)35-42(48)56(16,17)18/h25,27-29,31-35H,19-24,26,30H2,1-18H3. The largest absolute Gasteiger partial charge is 0.144 e. The molecule has 0 radical (unpaired) electrons. The summed E-state index contributed by atoms with van der Waals surface area (Å²) in [6.07, 6.45) is 9.28. The second-order valence-corrected chi connectivity index (χ2v) is 29.2. The molecule has 2 aromatic heterocycles. The molecular formula is C56H79IP2S2. The summed E-state index contributed by atoms with van der Waals surface area (Å²) in [7, 11) is 2.64. The van der Waals surface area contributed by atoms with Crippen LogP contribution in [-0.2, 0) is 38.9 Å². The van der Waals surface area contributed by atoms with Gasteiger partial charge in [-0.25, -0.2) is 0 Å². The molecule has 0 saturated heterocycles. The van der Waals surface area contributed by atoms with E-state index in [0.29, 0.717) is 0 Å². The number of rotatable bonds is 12. The quantitative estimate of drug-likeness (QED) is 0.0506. The zero-order chi connectivity index (χ0) is 45.5. The fourth-order valence-electron chi connectivity index (χ4n) is 8.16. The highest BCUT2D eigenvalue weighted by Gasteiger charge is 2.32. The van der Waals surface area contributed by atoms with Crippen LogP contribution in [0.25, 0.3) is 20.9 Å². The molecule has 0 bridgehead atoms. The van der Waals surface area contributed by atoms with Gasteiger partial charge >= 0.3 is 0 Å². The molecule has 0 spiro atoms. The van der Waals surface area contributed by atoms with Gasteiger partial charge in [0.25, 0.3) is 0 Å². The number of aryl methyl sites for hydroxylation is 1. The fourth-order valence-corrected chi connectivity index (χ4v) is 14.7. The first kappa shape index (κ1) is 50.6. The van der Waals surface area contributed by atoms with Gasteiger partial charge in [0.1, 0.15) is 0 Å². The van der Waals surface area contributed by atoms with Gasteiger partial charge in [0, 0.05) is 46.2 Å². The van der Waals surface area contributed by atoms with Crippen molar-refractivity contribution in [2.45, 2.75) is 202 Å². The highest BCUT2D eigenvalue weighted by Crippen LogP contribution is 2.49.